The molecule has 6 nitrogen and oxygen atoms in total. The molecule has 108 valence electrons. The average Bonchev–Trinajstić information content (AvgIpc) is 2.75. The molecule has 0 atom stereocenters. The number of nitrogens with one attached hydrogen (secondary N) is 2. The predicted molar refractivity (Wildman–Crippen MR) is 80.9 cm³/mol. The van der Waals surface area contributed by atoms with E-state index < -0.39 is 10.0 Å². The third-order valence-electron chi connectivity index (χ3n) is 2.74. The van der Waals surface area contributed by atoms with Gasteiger partial charge in [0.25, 0.3) is 10.0 Å². The van der Waals surface area contributed by atoms with Crippen LogP contribution in [0.2, 0.25) is 0 Å². The van der Waals surface area contributed by atoms with Crippen LogP contribution in [0.25, 0.3) is 0 Å². The molecule has 0 aliphatic carbocycles. The molecule has 20 heavy (non-hydrogen) atoms. The van der Waals surface area contributed by atoms with Crippen LogP contribution in [0.15, 0.2) is 40.0 Å². The van der Waals surface area contributed by atoms with Crippen LogP contribution < -0.4 is 10.0 Å². The topological polar surface area (TPSA) is 76.0 Å². The van der Waals surface area contributed by atoms with Gasteiger partial charge >= 0.3 is 0 Å². The van der Waals surface area contributed by atoms with Crippen molar-refractivity contribution in [3.05, 3.63) is 40.8 Å². The van der Waals surface area contributed by atoms with Crippen LogP contribution in [0.5, 0.6) is 0 Å². The molecule has 0 saturated carbocycles. The van der Waals surface area contributed by atoms with E-state index in [4.69, 9.17) is 0 Å². The second-order valence-corrected chi connectivity index (χ2v) is 6.78. The summed E-state index contributed by atoms with van der Waals surface area (Å²) in [5.74, 6) is 0.270. The number of hydrogen-bond acceptors (Lipinski definition) is 4. The number of anilines is 1. The number of aryl methyl sites for hydroxylation is 1. The average molecular weight is 359 g/mol. The van der Waals surface area contributed by atoms with Crippen molar-refractivity contribution >= 4 is 31.8 Å². The minimum absolute atomic E-state index is 0.211. The molecule has 0 saturated heterocycles. The van der Waals surface area contributed by atoms with Crippen molar-refractivity contribution in [3.63, 3.8) is 0 Å². The van der Waals surface area contributed by atoms with Crippen molar-refractivity contribution in [1.82, 2.24) is 14.9 Å². The van der Waals surface area contributed by atoms with Gasteiger partial charge in [-0.25, -0.2) is 13.4 Å². The Balaban J connectivity index is 2.31. The van der Waals surface area contributed by atoms with Crippen molar-refractivity contribution in [1.29, 1.82) is 0 Å². The summed E-state index contributed by atoms with van der Waals surface area (Å²) in [4.78, 5) is 4.21. The van der Waals surface area contributed by atoms with Gasteiger partial charge < -0.3 is 9.88 Å². The molecule has 0 aliphatic rings. The van der Waals surface area contributed by atoms with Crippen LogP contribution in [0.1, 0.15) is 5.69 Å². The summed E-state index contributed by atoms with van der Waals surface area (Å²) in [6.07, 6.45) is 3.10. The maximum atomic E-state index is 12.3. The fraction of sp³-hybridized carbons (Fsp3) is 0.250. The van der Waals surface area contributed by atoms with E-state index >= 15 is 0 Å². The Morgan fingerprint density at radius 1 is 1.45 bits per heavy atom. The molecule has 0 unspecified atom stereocenters. The highest BCUT2D eigenvalue weighted by Gasteiger charge is 2.19. The van der Waals surface area contributed by atoms with E-state index in [1.165, 1.54) is 6.20 Å². The summed E-state index contributed by atoms with van der Waals surface area (Å²) in [5, 5.41) is 2.99. The van der Waals surface area contributed by atoms with Crippen LogP contribution in [0, 0.1) is 0 Å². The normalized spacial score (nSPS) is 11.6. The van der Waals surface area contributed by atoms with Gasteiger partial charge in [-0.1, -0.05) is 0 Å². The lowest BCUT2D eigenvalue weighted by Gasteiger charge is -2.06. The summed E-state index contributed by atoms with van der Waals surface area (Å²) in [6.45, 7) is 0.597. The maximum absolute atomic E-state index is 12.3. The fourth-order valence-corrected chi connectivity index (χ4v) is 3.34. The van der Waals surface area contributed by atoms with Gasteiger partial charge in [0, 0.05) is 31.7 Å². The number of nitrogens with zero attached hydrogens (tertiary/aromatic N) is 2. The van der Waals surface area contributed by atoms with Crippen LogP contribution in [0.3, 0.4) is 0 Å². The second-order valence-electron chi connectivity index (χ2n) is 4.25. The van der Waals surface area contributed by atoms with E-state index in [1.807, 2.05) is 14.1 Å². The van der Waals surface area contributed by atoms with Crippen molar-refractivity contribution in [2.45, 2.75) is 11.4 Å². The molecule has 2 aromatic rings. The first-order chi connectivity index (χ1) is 9.44. The van der Waals surface area contributed by atoms with E-state index in [-0.39, 0.29) is 10.7 Å². The van der Waals surface area contributed by atoms with Gasteiger partial charge in [-0.15, -0.1) is 0 Å². The Labute approximate surface area is 126 Å². The standard InChI is InChI=1S/C12H15BrN4O2S/c1-14-7-9-6-10(8-17(9)2)20(18,19)16-12-11(13)4-3-5-15-12/h3-6,8,14H,7H2,1-2H3,(H,15,16). The van der Waals surface area contributed by atoms with Crippen molar-refractivity contribution in [2.75, 3.05) is 11.8 Å². The summed E-state index contributed by atoms with van der Waals surface area (Å²) < 4.78 is 29.5. The largest absolute Gasteiger partial charge is 0.352 e. The zero-order valence-corrected chi connectivity index (χ0v) is 13.5. The molecule has 0 radical (unpaired) electrons. The van der Waals surface area contributed by atoms with Gasteiger partial charge in [-0.2, -0.15) is 0 Å². The molecule has 0 amide bonds. The first kappa shape index (κ1) is 15.0. The number of hydrogen-bond donors (Lipinski definition) is 2. The lowest BCUT2D eigenvalue weighted by Crippen LogP contribution is -2.13. The fourth-order valence-electron chi connectivity index (χ4n) is 1.73. The second kappa shape index (κ2) is 5.94. The lowest BCUT2D eigenvalue weighted by atomic mass is 10.4. The van der Waals surface area contributed by atoms with Gasteiger partial charge in [0.15, 0.2) is 5.82 Å². The molecule has 2 rings (SSSR count). The maximum Gasteiger partial charge on any atom is 0.264 e. The van der Waals surface area contributed by atoms with E-state index in [0.29, 0.717) is 11.0 Å². The highest BCUT2D eigenvalue weighted by atomic mass is 79.9. The molecule has 0 aliphatic heterocycles. The number of aromatic nitrogens is 2. The van der Waals surface area contributed by atoms with Crippen LogP contribution in [0.4, 0.5) is 5.82 Å². The Morgan fingerprint density at radius 3 is 2.85 bits per heavy atom. The van der Waals surface area contributed by atoms with Gasteiger partial charge in [-0.3, -0.25) is 4.72 Å². The van der Waals surface area contributed by atoms with E-state index in [9.17, 15) is 8.42 Å². The minimum atomic E-state index is -3.65. The summed E-state index contributed by atoms with van der Waals surface area (Å²) in [7, 11) is -0.0291. The van der Waals surface area contributed by atoms with Crippen LogP contribution in [-0.4, -0.2) is 25.0 Å². The van der Waals surface area contributed by atoms with Crippen molar-refractivity contribution in [2.24, 2.45) is 7.05 Å². The Morgan fingerprint density at radius 2 is 2.20 bits per heavy atom. The van der Waals surface area contributed by atoms with E-state index in [2.05, 4.69) is 31.0 Å². The Hall–Kier alpha value is -1.38. The summed E-state index contributed by atoms with van der Waals surface area (Å²) >= 11 is 3.26. The van der Waals surface area contributed by atoms with Gasteiger partial charge in [0.1, 0.15) is 4.90 Å². The van der Waals surface area contributed by atoms with Gasteiger partial charge in [-0.05, 0) is 41.2 Å². The zero-order chi connectivity index (χ0) is 14.8. The first-order valence-electron chi connectivity index (χ1n) is 5.87. The Kier molecular flexibility index (Phi) is 4.46. The third kappa shape index (κ3) is 3.20. The molecule has 2 aromatic heterocycles. The zero-order valence-electron chi connectivity index (χ0n) is 11.1. The molecule has 0 spiro atoms. The molecular weight excluding hydrogens is 344 g/mol. The predicted octanol–water partition coefficient (Wildman–Crippen LogP) is 1.70. The monoisotopic (exact) mass is 358 g/mol. The molecule has 0 aromatic carbocycles. The number of rotatable bonds is 5. The van der Waals surface area contributed by atoms with Crippen molar-refractivity contribution < 1.29 is 8.42 Å². The van der Waals surface area contributed by atoms with Crippen LogP contribution >= 0.6 is 15.9 Å². The number of pyridine rings is 1. The van der Waals surface area contributed by atoms with E-state index in [1.54, 1.807) is 29.0 Å². The van der Waals surface area contributed by atoms with Gasteiger partial charge in [0.05, 0.1) is 4.47 Å². The number of halogens is 1. The van der Waals surface area contributed by atoms with Gasteiger partial charge in [0.2, 0.25) is 0 Å². The summed E-state index contributed by atoms with van der Waals surface area (Å²) in [6, 6.07) is 5.08. The molecule has 2 N–H and O–H groups in total. The quantitative estimate of drug-likeness (QED) is 0.852. The lowest BCUT2D eigenvalue weighted by molar-refractivity contribution is 0.601. The minimum Gasteiger partial charge on any atom is -0.352 e. The molecule has 0 fully saturated rings. The molecular formula is C12H15BrN4O2S. The Bertz CT molecular complexity index is 712. The van der Waals surface area contributed by atoms with E-state index in [0.717, 1.165) is 5.69 Å². The number of sulfonamides is 1. The molecule has 0 bridgehead atoms. The first-order valence-corrected chi connectivity index (χ1v) is 8.15. The smallest absolute Gasteiger partial charge is 0.264 e. The summed E-state index contributed by atoms with van der Waals surface area (Å²) in [5.41, 5.74) is 0.882. The SMILES string of the molecule is CNCc1cc(S(=O)(=O)Nc2ncccc2Br)cn1C. The van der Waals surface area contributed by atoms with Crippen molar-refractivity contribution in [3.8, 4) is 0 Å². The third-order valence-corrected chi connectivity index (χ3v) is 4.69. The highest BCUT2D eigenvalue weighted by molar-refractivity contribution is 9.10. The highest BCUT2D eigenvalue weighted by Crippen LogP contribution is 2.22. The van der Waals surface area contributed by atoms with Crippen LogP contribution in [-0.2, 0) is 23.6 Å². The molecule has 2 heterocycles. The molecule has 8 heteroatoms.